The van der Waals surface area contributed by atoms with Gasteiger partial charge in [-0.05, 0) is 45.4 Å². The Hall–Kier alpha value is -2.50. The minimum Gasteiger partial charge on any atom is -0.444 e. The number of benzene rings is 1. The fourth-order valence-corrected chi connectivity index (χ4v) is 3.49. The van der Waals surface area contributed by atoms with Gasteiger partial charge in [0.15, 0.2) is 18.3 Å². The number of carbonyl (C=O) groups is 1. The van der Waals surface area contributed by atoms with Gasteiger partial charge in [0.1, 0.15) is 0 Å². The molecule has 0 saturated heterocycles. The molecular weight excluding hydrogens is 292 g/mol. The van der Waals surface area contributed by atoms with Crippen LogP contribution in [0.1, 0.15) is 44.0 Å². The van der Waals surface area contributed by atoms with Crippen molar-refractivity contribution in [3.63, 3.8) is 0 Å². The Morgan fingerprint density at radius 2 is 2.00 bits per heavy atom. The van der Waals surface area contributed by atoms with E-state index in [-0.39, 0.29) is 12.1 Å². The summed E-state index contributed by atoms with van der Waals surface area (Å²) in [6.45, 7) is 8.56. The van der Waals surface area contributed by atoms with Crippen LogP contribution in [-0.2, 0) is 10.2 Å². The molecule has 23 heavy (non-hydrogen) atoms. The summed E-state index contributed by atoms with van der Waals surface area (Å²) in [6.07, 6.45) is 1.32. The average molecular weight is 312 g/mol. The van der Waals surface area contributed by atoms with Crippen LogP contribution in [0, 0.1) is 6.92 Å². The van der Waals surface area contributed by atoms with Crippen molar-refractivity contribution < 1.29 is 9.21 Å². The Morgan fingerprint density at radius 3 is 2.61 bits per heavy atom. The number of hydrogen-bond acceptors (Lipinski definition) is 5. The van der Waals surface area contributed by atoms with E-state index in [0.29, 0.717) is 6.54 Å². The van der Waals surface area contributed by atoms with E-state index in [1.807, 2.05) is 32.6 Å². The van der Waals surface area contributed by atoms with Gasteiger partial charge in [-0.25, -0.2) is 4.98 Å². The van der Waals surface area contributed by atoms with Crippen LogP contribution < -0.4 is 15.5 Å². The standard InChI is InChI=1S/C17H20N4O2/c1-5-21-13-7-12-11(6-10(13)17(3,4)16(21)22)19-15(20-12)14-9(2)18-8-23-14/h6-8,15,19-20H,5H2,1-4H3. The van der Waals surface area contributed by atoms with Crippen molar-refractivity contribution in [3.8, 4) is 0 Å². The maximum Gasteiger partial charge on any atom is 0.237 e. The van der Waals surface area contributed by atoms with Crippen LogP contribution in [0.5, 0.6) is 0 Å². The zero-order chi connectivity index (χ0) is 16.4. The molecular formula is C17H20N4O2. The van der Waals surface area contributed by atoms with Crippen LogP contribution in [0.4, 0.5) is 17.1 Å². The summed E-state index contributed by atoms with van der Waals surface area (Å²) < 4.78 is 5.48. The highest BCUT2D eigenvalue weighted by molar-refractivity contribution is 6.09. The molecule has 2 N–H and O–H groups in total. The number of carbonyl (C=O) groups excluding carboxylic acids is 1. The molecule has 120 valence electrons. The fraction of sp³-hybridized carbons (Fsp3) is 0.412. The predicted molar refractivity (Wildman–Crippen MR) is 88.7 cm³/mol. The summed E-state index contributed by atoms with van der Waals surface area (Å²) in [5.41, 5.74) is 4.39. The highest BCUT2D eigenvalue weighted by Crippen LogP contribution is 2.48. The molecule has 0 saturated carbocycles. The largest absolute Gasteiger partial charge is 0.444 e. The number of likely N-dealkylation sites (N-methyl/N-ethyl adjacent to an activating group) is 1. The van der Waals surface area contributed by atoms with Gasteiger partial charge in [-0.1, -0.05) is 0 Å². The van der Waals surface area contributed by atoms with E-state index < -0.39 is 5.41 Å². The first-order chi connectivity index (χ1) is 10.9. The van der Waals surface area contributed by atoms with Gasteiger partial charge in [0.25, 0.3) is 0 Å². The highest BCUT2D eigenvalue weighted by Gasteiger charge is 2.44. The molecule has 1 aromatic carbocycles. The van der Waals surface area contributed by atoms with Gasteiger partial charge in [0, 0.05) is 6.54 Å². The Labute approximate surface area is 134 Å². The molecule has 1 unspecified atom stereocenters. The Bertz CT molecular complexity index is 809. The van der Waals surface area contributed by atoms with Crippen molar-refractivity contribution >= 4 is 23.0 Å². The van der Waals surface area contributed by atoms with Crippen molar-refractivity contribution in [1.29, 1.82) is 0 Å². The van der Waals surface area contributed by atoms with Crippen LogP contribution in [-0.4, -0.2) is 17.4 Å². The lowest BCUT2D eigenvalue weighted by molar-refractivity contribution is -0.122. The van der Waals surface area contributed by atoms with E-state index in [1.165, 1.54) is 6.39 Å². The number of oxazole rings is 1. The summed E-state index contributed by atoms with van der Waals surface area (Å²) in [7, 11) is 0. The molecule has 0 radical (unpaired) electrons. The molecule has 3 heterocycles. The first-order valence-electron chi connectivity index (χ1n) is 7.87. The van der Waals surface area contributed by atoms with Gasteiger partial charge in [0.05, 0.1) is 28.2 Å². The third-order valence-corrected chi connectivity index (χ3v) is 4.84. The van der Waals surface area contributed by atoms with Gasteiger partial charge in [-0.3, -0.25) is 4.79 Å². The normalized spacial score (nSPS) is 21.0. The maximum absolute atomic E-state index is 12.6. The van der Waals surface area contributed by atoms with Crippen molar-refractivity contribution in [3.05, 3.63) is 35.5 Å². The Morgan fingerprint density at radius 1 is 1.30 bits per heavy atom. The van der Waals surface area contributed by atoms with Crippen LogP contribution in [0.2, 0.25) is 0 Å². The first-order valence-corrected chi connectivity index (χ1v) is 7.87. The molecule has 1 amide bonds. The lowest BCUT2D eigenvalue weighted by Gasteiger charge is -2.18. The number of rotatable bonds is 2. The number of aromatic nitrogens is 1. The monoisotopic (exact) mass is 312 g/mol. The fourth-order valence-electron chi connectivity index (χ4n) is 3.49. The third kappa shape index (κ3) is 1.81. The highest BCUT2D eigenvalue weighted by atomic mass is 16.3. The van der Waals surface area contributed by atoms with Gasteiger partial charge in [-0.15, -0.1) is 0 Å². The van der Waals surface area contributed by atoms with E-state index in [0.717, 1.165) is 34.1 Å². The average Bonchev–Trinajstić information content (AvgIpc) is 3.15. The number of aryl methyl sites for hydroxylation is 1. The van der Waals surface area contributed by atoms with E-state index in [1.54, 1.807) is 0 Å². The van der Waals surface area contributed by atoms with E-state index in [2.05, 4.69) is 27.8 Å². The molecule has 1 atom stereocenters. The van der Waals surface area contributed by atoms with Gasteiger partial charge < -0.3 is 20.0 Å². The topological polar surface area (TPSA) is 70.4 Å². The smallest absolute Gasteiger partial charge is 0.237 e. The minimum absolute atomic E-state index is 0.135. The van der Waals surface area contributed by atoms with Crippen molar-refractivity contribution in [1.82, 2.24) is 4.98 Å². The number of anilines is 3. The second-order valence-corrected chi connectivity index (χ2v) is 6.61. The summed E-state index contributed by atoms with van der Waals surface area (Å²) in [4.78, 5) is 18.6. The SMILES string of the molecule is CCN1C(=O)C(C)(C)c2cc3c(cc21)NC(c1ocnc1C)N3. The predicted octanol–water partition coefficient (Wildman–Crippen LogP) is 3.16. The second-order valence-electron chi connectivity index (χ2n) is 6.61. The minimum atomic E-state index is -0.498. The lowest BCUT2D eigenvalue weighted by Crippen LogP contribution is -2.35. The molecule has 6 nitrogen and oxygen atoms in total. The molecule has 2 aromatic rings. The maximum atomic E-state index is 12.6. The molecule has 4 rings (SSSR count). The molecule has 2 aliphatic heterocycles. The molecule has 0 fully saturated rings. The zero-order valence-electron chi connectivity index (χ0n) is 13.7. The van der Waals surface area contributed by atoms with Crippen molar-refractivity contribution in [2.45, 2.75) is 39.3 Å². The first kappa shape index (κ1) is 14.1. The van der Waals surface area contributed by atoms with E-state index in [9.17, 15) is 4.79 Å². The summed E-state index contributed by atoms with van der Waals surface area (Å²) in [6, 6.07) is 4.14. The number of nitrogens with one attached hydrogen (secondary N) is 2. The van der Waals surface area contributed by atoms with Crippen LogP contribution in [0.25, 0.3) is 0 Å². The van der Waals surface area contributed by atoms with Gasteiger partial charge >= 0.3 is 0 Å². The van der Waals surface area contributed by atoms with Crippen LogP contribution in [0.15, 0.2) is 22.9 Å². The second kappa shape index (κ2) is 4.50. The summed E-state index contributed by atoms with van der Waals surface area (Å²) >= 11 is 0. The van der Waals surface area contributed by atoms with Gasteiger partial charge in [-0.2, -0.15) is 0 Å². The zero-order valence-corrected chi connectivity index (χ0v) is 13.7. The molecule has 0 aliphatic carbocycles. The summed E-state index contributed by atoms with van der Waals surface area (Å²) in [5.74, 6) is 0.936. The molecule has 6 heteroatoms. The van der Waals surface area contributed by atoms with Crippen LogP contribution in [0.3, 0.4) is 0 Å². The van der Waals surface area contributed by atoms with Gasteiger partial charge in [0.2, 0.25) is 5.91 Å². The molecule has 2 aliphatic rings. The number of nitrogens with zero attached hydrogens (tertiary/aromatic N) is 2. The Balaban J connectivity index is 1.76. The van der Waals surface area contributed by atoms with E-state index in [4.69, 9.17) is 4.42 Å². The summed E-state index contributed by atoms with van der Waals surface area (Å²) in [5, 5.41) is 6.83. The number of hydrogen-bond donors (Lipinski definition) is 2. The molecule has 0 bridgehead atoms. The lowest BCUT2D eigenvalue weighted by atomic mass is 9.86. The Kier molecular flexibility index (Phi) is 2.76. The third-order valence-electron chi connectivity index (χ3n) is 4.84. The number of amides is 1. The van der Waals surface area contributed by atoms with Crippen LogP contribution >= 0.6 is 0 Å². The van der Waals surface area contributed by atoms with E-state index >= 15 is 0 Å². The quantitative estimate of drug-likeness (QED) is 0.891. The number of fused-ring (bicyclic) bond motifs is 2. The van der Waals surface area contributed by atoms with Crippen molar-refractivity contribution in [2.24, 2.45) is 0 Å². The molecule has 1 aromatic heterocycles. The van der Waals surface area contributed by atoms with Crippen molar-refractivity contribution in [2.75, 3.05) is 22.1 Å². The molecule has 0 spiro atoms.